The normalized spacial score (nSPS) is 10.6. The molecule has 0 aliphatic heterocycles. The van der Waals surface area contributed by atoms with Gasteiger partial charge < -0.3 is 19.7 Å². The lowest BCUT2D eigenvalue weighted by Gasteiger charge is -2.22. The number of rotatable bonds is 17. The van der Waals surface area contributed by atoms with E-state index in [1.807, 2.05) is 19.1 Å². The minimum Gasteiger partial charge on any atom is -0.490 e. The average molecular weight is 552 g/mol. The van der Waals surface area contributed by atoms with Crippen LogP contribution in [0.15, 0.2) is 36.4 Å². The molecule has 0 unspecified atom stereocenters. The number of ether oxygens (including phenoxy) is 2. The standard InChI is InChI=1S/C27H40ClFN2O2.2ClH/c1-4-7-15-31(16-8-5-2)17-9-14-30-20-23-18-25(28)27(26(19-23)32-6-3)33-21-22-10-12-24(29)13-11-22;;/h10-13,18-19,30H,4-9,14-17,20-21H2,1-3H3;2*1H. The molecule has 0 fully saturated rings. The second kappa shape index (κ2) is 19.9. The van der Waals surface area contributed by atoms with Gasteiger partial charge in [0.2, 0.25) is 0 Å². The van der Waals surface area contributed by atoms with Gasteiger partial charge in [0.15, 0.2) is 11.5 Å². The van der Waals surface area contributed by atoms with Crippen LogP contribution in [0.5, 0.6) is 11.5 Å². The van der Waals surface area contributed by atoms with Crippen LogP contribution in [0.25, 0.3) is 0 Å². The Morgan fingerprint density at radius 2 is 1.49 bits per heavy atom. The summed E-state index contributed by atoms with van der Waals surface area (Å²) in [6, 6.07) is 10.2. The van der Waals surface area contributed by atoms with Gasteiger partial charge in [-0.3, -0.25) is 0 Å². The van der Waals surface area contributed by atoms with Gasteiger partial charge in [-0.2, -0.15) is 0 Å². The molecule has 0 spiro atoms. The first-order valence-electron chi connectivity index (χ1n) is 12.3. The SMILES string of the molecule is CCCCN(CCCC)CCCNCc1cc(Cl)c(OCc2ccc(F)cc2)c(OCC)c1.Cl.Cl. The molecule has 1 N–H and O–H groups in total. The van der Waals surface area contributed by atoms with E-state index in [9.17, 15) is 4.39 Å². The van der Waals surface area contributed by atoms with Crippen LogP contribution in [-0.2, 0) is 13.2 Å². The van der Waals surface area contributed by atoms with E-state index in [1.165, 1.54) is 50.9 Å². The summed E-state index contributed by atoms with van der Waals surface area (Å²) in [4.78, 5) is 2.59. The lowest BCUT2D eigenvalue weighted by atomic mass is 10.2. The summed E-state index contributed by atoms with van der Waals surface area (Å²) in [6.07, 6.45) is 6.15. The van der Waals surface area contributed by atoms with Crippen molar-refractivity contribution in [2.75, 3.05) is 32.8 Å². The topological polar surface area (TPSA) is 33.7 Å². The van der Waals surface area contributed by atoms with Crippen molar-refractivity contribution in [3.63, 3.8) is 0 Å². The Hall–Kier alpha value is -1.24. The summed E-state index contributed by atoms with van der Waals surface area (Å²) in [5.74, 6) is 0.890. The maximum absolute atomic E-state index is 13.1. The van der Waals surface area contributed by atoms with Gasteiger partial charge in [0.05, 0.1) is 11.6 Å². The van der Waals surface area contributed by atoms with Gasteiger partial charge in [-0.05, 0) is 87.8 Å². The van der Waals surface area contributed by atoms with Crippen molar-refractivity contribution >= 4 is 36.4 Å². The van der Waals surface area contributed by atoms with Gasteiger partial charge >= 0.3 is 0 Å². The highest BCUT2D eigenvalue weighted by atomic mass is 35.5. The van der Waals surface area contributed by atoms with Gasteiger partial charge in [-0.1, -0.05) is 50.4 Å². The Morgan fingerprint density at radius 3 is 2.09 bits per heavy atom. The molecular weight excluding hydrogens is 510 g/mol. The molecule has 4 nitrogen and oxygen atoms in total. The number of hydrogen-bond acceptors (Lipinski definition) is 4. The van der Waals surface area contributed by atoms with Crippen molar-refractivity contribution in [2.24, 2.45) is 0 Å². The first-order chi connectivity index (χ1) is 16.1. The Kier molecular flexibility index (Phi) is 19.2. The molecule has 0 radical (unpaired) electrons. The van der Waals surface area contributed by atoms with Crippen LogP contribution in [0, 0.1) is 5.82 Å². The summed E-state index contributed by atoms with van der Waals surface area (Å²) in [5, 5.41) is 4.05. The lowest BCUT2D eigenvalue weighted by molar-refractivity contribution is 0.261. The summed E-state index contributed by atoms with van der Waals surface area (Å²) < 4.78 is 24.8. The summed E-state index contributed by atoms with van der Waals surface area (Å²) in [5.41, 5.74) is 1.93. The molecule has 0 aliphatic carbocycles. The fraction of sp³-hybridized carbons (Fsp3) is 0.556. The molecule has 0 heterocycles. The van der Waals surface area contributed by atoms with E-state index >= 15 is 0 Å². The fourth-order valence-corrected chi connectivity index (χ4v) is 3.91. The predicted octanol–water partition coefficient (Wildman–Crippen LogP) is 7.68. The maximum Gasteiger partial charge on any atom is 0.180 e. The van der Waals surface area contributed by atoms with Crippen molar-refractivity contribution in [1.29, 1.82) is 0 Å². The van der Waals surface area contributed by atoms with E-state index in [4.69, 9.17) is 21.1 Å². The summed E-state index contributed by atoms with van der Waals surface area (Å²) in [7, 11) is 0. The third kappa shape index (κ3) is 13.0. The number of hydrogen-bond donors (Lipinski definition) is 1. The fourth-order valence-electron chi connectivity index (χ4n) is 3.62. The van der Waals surface area contributed by atoms with E-state index in [1.54, 1.807) is 12.1 Å². The molecule has 0 bridgehead atoms. The van der Waals surface area contributed by atoms with E-state index < -0.39 is 0 Å². The second-order valence-corrected chi connectivity index (χ2v) is 8.74. The molecule has 2 aromatic rings. The van der Waals surface area contributed by atoms with Gasteiger partial charge in [-0.25, -0.2) is 4.39 Å². The van der Waals surface area contributed by atoms with Crippen LogP contribution < -0.4 is 14.8 Å². The minimum absolute atomic E-state index is 0. The Balaban J connectivity index is 0.00000578. The molecule has 35 heavy (non-hydrogen) atoms. The maximum atomic E-state index is 13.1. The molecule has 2 rings (SSSR count). The van der Waals surface area contributed by atoms with Crippen LogP contribution in [-0.4, -0.2) is 37.7 Å². The van der Waals surface area contributed by atoms with E-state index in [0.717, 1.165) is 37.2 Å². The van der Waals surface area contributed by atoms with Gasteiger partial charge in [0, 0.05) is 6.54 Å². The zero-order valence-electron chi connectivity index (χ0n) is 21.3. The zero-order chi connectivity index (χ0) is 23.9. The molecule has 200 valence electrons. The van der Waals surface area contributed by atoms with Crippen LogP contribution >= 0.6 is 36.4 Å². The lowest BCUT2D eigenvalue weighted by Crippen LogP contribution is -2.29. The monoisotopic (exact) mass is 550 g/mol. The zero-order valence-corrected chi connectivity index (χ0v) is 23.7. The first-order valence-corrected chi connectivity index (χ1v) is 12.7. The molecule has 0 saturated heterocycles. The first kappa shape index (κ1) is 33.8. The molecule has 0 aromatic heterocycles. The van der Waals surface area contributed by atoms with Crippen molar-refractivity contribution in [2.45, 2.75) is 66.0 Å². The van der Waals surface area contributed by atoms with E-state index in [2.05, 4.69) is 24.1 Å². The Bertz CT molecular complexity index is 802. The molecule has 0 saturated carbocycles. The molecular formula is C27H42Cl3FN2O2. The minimum atomic E-state index is -0.265. The highest BCUT2D eigenvalue weighted by molar-refractivity contribution is 6.32. The number of halogens is 4. The molecule has 0 atom stereocenters. The van der Waals surface area contributed by atoms with E-state index in [-0.39, 0.29) is 30.6 Å². The quantitative estimate of drug-likeness (QED) is 0.204. The summed E-state index contributed by atoms with van der Waals surface area (Å²) >= 11 is 6.54. The van der Waals surface area contributed by atoms with Gasteiger partial charge in [0.25, 0.3) is 0 Å². The van der Waals surface area contributed by atoms with Crippen LogP contribution in [0.2, 0.25) is 5.02 Å². The van der Waals surface area contributed by atoms with Gasteiger partial charge in [0.1, 0.15) is 12.4 Å². The molecule has 0 aliphatic rings. The van der Waals surface area contributed by atoms with Crippen molar-refractivity contribution in [3.05, 3.63) is 58.4 Å². The third-order valence-electron chi connectivity index (χ3n) is 5.48. The van der Waals surface area contributed by atoms with Crippen LogP contribution in [0.1, 0.15) is 64.0 Å². The molecule has 2 aromatic carbocycles. The summed E-state index contributed by atoms with van der Waals surface area (Å²) in [6.45, 7) is 12.5. The predicted molar refractivity (Wildman–Crippen MR) is 150 cm³/mol. The highest BCUT2D eigenvalue weighted by Crippen LogP contribution is 2.37. The van der Waals surface area contributed by atoms with Crippen molar-refractivity contribution in [3.8, 4) is 11.5 Å². The Morgan fingerprint density at radius 1 is 0.857 bits per heavy atom. The Labute approximate surface area is 228 Å². The molecule has 0 amide bonds. The molecule has 8 heteroatoms. The van der Waals surface area contributed by atoms with Gasteiger partial charge in [-0.15, -0.1) is 24.8 Å². The largest absolute Gasteiger partial charge is 0.490 e. The number of nitrogens with one attached hydrogen (secondary N) is 1. The van der Waals surface area contributed by atoms with Crippen molar-refractivity contribution < 1.29 is 13.9 Å². The number of nitrogens with zero attached hydrogens (tertiary/aromatic N) is 1. The number of unbranched alkanes of at least 4 members (excludes halogenated alkanes) is 2. The third-order valence-corrected chi connectivity index (χ3v) is 5.76. The van der Waals surface area contributed by atoms with Crippen LogP contribution in [0.4, 0.5) is 4.39 Å². The van der Waals surface area contributed by atoms with Crippen LogP contribution in [0.3, 0.4) is 0 Å². The van der Waals surface area contributed by atoms with E-state index in [0.29, 0.717) is 29.7 Å². The number of benzene rings is 2. The average Bonchev–Trinajstić information content (AvgIpc) is 2.81. The van der Waals surface area contributed by atoms with Crippen molar-refractivity contribution in [1.82, 2.24) is 10.2 Å². The smallest absolute Gasteiger partial charge is 0.180 e. The second-order valence-electron chi connectivity index (χ2n) is 8.33. The highest BCUT2D eigenvalue weighted by Gasteiger charge is 2.13.